The van der Waals surface area contributed by atoms with E-state index in [1.165, 1.54) is 83.5 Å². The van der Waals surface area contributed by atoms with E-state index in [4.69, 9.17) is 0 Å². The van der Waals surface area contributed by atoms with Crippen molar-refractivity contribution in [2.24, 2.45) is 17.8 Å². The Balaban J connectivity index is 4.53. The van der Waals surface area contributed by atoms with Crippen LogP contribution in [-0.4, -0.2) is 58.8 Å². The van der Waals surface area contributed by atoms with E-state index in [0.717, 1.165) is 25.8 Å². The van der Waals surface area contributed by atoms with Crippen molar-refractivity contribution in [2.75, 3.05) is 26.2 Å². The quantitative estimate of drug-likeness (QED) is 0.0501. The van der Waals surface area contributed by atoms with E-state index in [2.05, 4.69) is 19.1 Å². The third kappa shape index (κ3) is 21.8. The molecule has 7 nitrogen and oxygen atoms in total. The molecule has 42 heavy (non-hydrogen) atoms. The molecule has 0 heterocycles. The van der Waals surface area contributed by atoms with Crippen LogP contribution in [0.4, 0.5) is 0 Å². The van der Waals surface area contributed by atoms with Crippen LogP contribution in [0.5, 0.6) is 0 Å². The monoisotopic (exact) mass is 595 g/mol. The van der Waals surface area contributed by atoms with E-state index in [0.29, 0.717) is 43.4 Å². The summed E-state index contributed by atoms with van der Waals surface area (Å²) in [6.07, 6.45) is 26.2. The molecule has 0 rings (SSSR count). The second kappa shape index (κ2) is 25.6. The lowest BCUT2D eigenvalue weighted by molar-refractivity contribution is -0.929. The van der Waals surface area contributed by atoms with Crippen molar-refractivity contribution in [3.63, 3.8) is 0 Å². The highest BCUT2D eigenvalue weighted by Gasteiger charge is 2.30. The molecule has 0 aliphatic heterocycles. The van der Waals surface area contributed by atoms with Gasteiger partial charge in [0.1, 0.15) is 0 Å². The molecular weight excluding hydrogens is 530 g/mol. The lowest BCUT2D eigenvalue weighted by Crippen LogP contribution is -2.52. The second-order valence-electron chi connectivity index (χ2n) is 12.9. The molecule has 0 radical (unpaired) electrons. The molecule has 0 saturated heterocycles. The molecule has 2 N–H and O–H groups in total. The summed E-state index contributed by atoms with van der Waals surface area (Å²) in [5, 5.41) is 30.2. The van der Waals surface area contributed by atoms with Gasteiger partial charge in [0.15, 0.2) is 0 Å². The number of hydrogen-bond donors (Lipinski definition) is 2. The van der Waals surface area contributed by atoms with Crippen LogP contribution in [-0.2, 0) is 14.4 Å². The summed E-state index contributed by atoms with van der Waals surface area (Å²) in [6.45, 7) is 9.97. The van der Waals surface area contributed by atoms with Gasteiger partial charge in [-0.05, 0) is 38.5 Å². The maximum Gasteiger partial charge on any atom is 0.306 e. The second-order valence-corrected chi connectivity index (χ2v) is 12.9. The average Bonchev–Trinajstić information content (AvgIpc) is 2.96. The van der Waals surface area contributed by atoms with Gasteiger partial charge in [0.2, 0.25) is 0 Å². The van der Waals surface area contributed by atoms with Gasteiger partial charge in [0.05, 0.1) is 38.0 Å². The predicted octanol–water partition coefficient (Wildman–Crippen LogP) is 7.62. The van der Waals surface area contributed by atoms with E-state index in [9.17, 15) is 29.7 Å². The van der Waals surface area contributed by atoms with Crippen LogP contribution in [0.1, 0.15) is 150 Å². The summed E-state index contributed by atoms with van der Waals surface area (Å²) in [6, 6.07) is 0. The van der Waals surface area contributed by atoms with E-state index in [1.54, 1.807) is 20.8 Å². The molecule has 0 aromatic carbocycles. The topological polar surface area (TPSA) is 115 Å². The first-order valence-corrected chi connectivity index (χ1v) is 17.2. The summed E-state index contributed by atoms with van der Waals surface area (Å²) in [7, 11) is 0. The highest BCUT2D eigenvalue weighted by Crippen LogP contribution is 2.22. The summed E-state index contributed by atoms with van der Waals surface area (Å²) >= 11 is 0. The molecule has 3 atom stereocenters. The lowest BCUT2D eigenvalue weighted by atomic mass is 10.0. The SMILES string of the molecule is CCCCCCCC/C=C/CCCCCCCCCC[N+](CCC(C)C(=O)[O-])(CCC(C)C(=O)O)CCC(C)C(=O)O. The number of aliphatic carboxylic acids is 3. The molecule has 0 fully saturated rings. The fraction of sp³-hybridized carbons (Fsp3) is 0.857. The molecule has 0 aromatic rings. The number of carboxylic acid groups (broad SMARTS) is 3. The number of allylic oxidation sites excluding steroid dienone is 2. The largest absolute Gasteiger partial charge is 0.550 e. The summed E-state index contributed by atoms with van der Waals surface area (Å²) in [5.41, 5.74) is 0. The van der Waals surface area contributed by atoms with E-state index in [1.807, 2.05) is 0 Å². The fourth-order valence-corrected chi connectivity index (χ4v) is 5.49. The first-order valence-electron chi connectivity index (χ1n) is 17.2. The van der Waals surface area contributed by atoms with Gasteiger partial charge in [0, 0.05) is 31.1 Å². The summed E-state index contributed by atoms with van der Waals surface area (Å²) in [4.78, 5) is 34.4. The Hall–Kier alpha value is -1.89. The van der Waals surface area contributed by atoms with Crippen LogP contribution in [0.25, 0.3) is 0 Å². The Labute approximate surface area is 257 Å². The van der Waals surface area contributed by atoms with Gasteiger partial charge < -0.3 is 24.6 Å². The molecule has 246 valence electrons. The van der Waals surface area contributed by atoms with Crippen molar-refractivity contribution in [3.8, 4) is 0 Å². The minimum absolute atomic E-state index is 0.444. The third-order valence-corrected chi connectivity index (χ3v) is 9.00. The smallest absolute Gasteiger partial charge is 0.306 e. The van der Waals surface area contributed by atoms with Gasteiger partial charge in [-0.15, -0.1) is 0 Å². The minimum atomic E-state index is -1.07. The zero-order valence-electron chi connectivity index (χ0n) is 27.6. The average molecular weight is 596 g/mol. The van der Waals surface area contributed by atoms with Gasteiger partial charge in [-0.25, -0.2) is 0 Å². The third-order valence-electron chi connectivity index (χ3n) is 9.00. The van der Waals surface area contributed by atoms with Crippen molar-refractivity contribution in [1.29, 1.82) is 0 Å². The van der Waals surface area contributed by atoms with E-state index >= 15 is 0 Å². The van der Waals surface area contributed by atoms with E-state index < -0.39 is 35.7 Å². The van der Waals surface area contributed by atoms with Crippen molar-refractivity contribution in [1.82, 2.24) is 0 Å². The van der Waals surface area contributed by atoms with Crippen LogP contribution in [0.3, 0.4) is 0 Å². The van der Waals surface area contributed by atoms with Crippen LogP contribution in [0.15, 0.2) is 12.2 Å². The highest BCUT2D eigenvalue weighted by molar-refractivity contribution is 5.69. The number of quaternary nitrogens is 1. The van der Waals surface area contributed by atoms with Crippen LogP contribution in [0, 0.1) is 17.8 Å². The van der Waals surface area contributed by atoms with Gasteiger partial charge in [0.25, 0.3) is 0 Å². The number of carbonyl (C=O) groups is 3. The Bertz CT molecular complexity index is 677. The van der Waals surface area contributed by atoms with Crippen molar-refractivity contribution >= 4 is 17.9 Å². The Morgan fingerprint density at radius 1 is 0.571 bits per heavy atom. The van der Waals surface area contributed by atoms with Crippen molar-refractivity contribution in [2.45, 2.75) is 150 Å². The first-order chi connectivity index (χ1) is 20.0. The van der Waals surface area contributed by atoms with Crippen LogP contribution >= 0.6 is 0 Å². The number of carboxylic acids is 3. The Morgan fingerprint density at radius 3 is 1.31 bits per heavy atom. The van der Waals surface area contributed by atoms with Crippen molar-refractivity contribution in [3.05, 3.63) is 12.2 Å². The van der Waals surface area contributed by atoms with Crippen LogP contribution < -0.4 is 5.11 Å². The number of rotatable bonds is 30. The number of unbranched alkanes of at least 4 members (excludes halogenated alkanes) is 14. The molecular formula is C35H65NO6. The van der Waals surface area contributed by atoms with Gasteiger partial charge in [-0.1, -0.05) is 104 Å². The molecule has 0 spiro atoms. The summed E-state index contributed by atoms with van der Waals surface area (Å²) in [5.74, 6) is -4.32. The Morgan fingerprint density at radius 2 is 0.929 bits per heavy atom. The first kappa shape index (κ1) is 40.1. The molecule has 0 bridgehead atoms. The number of nitrogens with zero attached hydrogens (tertiary/aromatic N) is 1. The molecule has 0 aromatic heterocycles. The lowest BCUT2D eigenvalue weighted by Gasteiger charge is -2.41. The maximum atomic E-state index is 11.5. The molecule has 0 aliphatic rings. The highest BCUT2D eigenvalue weighted by atomic mass is 16.4. The molecule has 7 heteroatoms. The molecule has 0 saturated carbocycles. The van der Waals surface area contributed by atoms with Crippen LogP contribution in [0.2, 0.25) is 0 Å². The van der Waals surface area contributed by atoms with E-state index in [-0.39, 0.29) is 0 Å². The standard InChI is InChI=1S/C35H65NO6/c1-5-6-7-8-9-10-11-12-13-14-15-16-17-18-19-20-21-22-26-36(27-23-30(2)33(37)38,28-24-31(3)34(39)40)29-25-32(4)35(41)42/h12-13,30-32H,5-11,14-29H2,1-4H3,(H2-,37,38,39,40,41,42)/b13-12+. The molecule has 0 amide bonds. The number of hydrogen-bond acceptors (Lipinski definition) is 4. The fourth-order valence-electron chi connectivity index (χ4n) is 5.49. The zero-order chi connectivity index (χ0) is 31.6. The molecule has 3 unspecified atom stereocenters. The van der Waals surface area contributed by atoms with Crippen molar-refractivity contribution < 1.29 is 34.2 Å². The normalized spacial score (nSPS) is 15.3. The number of carbonyl (C=O) groups excluding carboxylic acids is 1. The minimum Gasteiger partial charge on any atom is -0.550 e. The summed E-state index contributed by atoms with van der Waals surface area (Å²) < 4.78 is 0.583. The zero-order valence-corrected chi connectivity index (χ0v) is 27.6. The molecule has 0 aliphatic carbocycles. The predicted molar refractivity (Wildman–Crippen MR) is 170 cm³/mol. The maximum absolute atomic E-state index is 11.5. The van der Waals surface area contributed by atoms with Gasteiger partial charge in [-0.3, -0.25) is 9.59 Å². The van der Waals surface area contributed by atoms with Gasteiger partial charge in [-0.2, -0.15) is 0 Å². The Kier molecular flexibility index (Phi) is 24.4. The van der Waals surface area contributed by atoms with Gasteiger partial charge >= 0.3 is 11.9 Å².